The minimum atomic E-state index is -0.359. The third-order valence-corrected chi connectivity index (χ3v) is 7.17. The van der Waals surface area contributed by atoms with E-state index in [9.17, 15) is 9.59 Å². The zero-order chi connectivity index (χ0) is 21.6. The highest BCUT2D eigenvalue weighted by atomic mass is 32.1. The largest absolute Gasteiger partial charge is 0.340 e. The summed E-state index contributed by atoms with van der Waals surface area (Å²) in [6.45, 7) is 7.08. The number of hydrogen-bond acceptors (Lipinski definition) is 5. The molecule has 1 N–H and O–H groups in total. The molecule has 2 fully saturated rings. The van der Waals surface area contributed by atoms with E-state index in [-0.39, 0.29) is 23.9 Å². The van der Waals surface area contributed by atoms with Crippen LogP contribution in [-0.4, -0.2) is 71.3 Å². The average molecular weight is 441 g/mol. The summed E-state index contributed by atoms with van der Waals surface area (Å²) in [4.78, 5) is 33.4. The molecule has 2 unspecified atom stereocenters. The molecule has 0 saturated carbocycles. The Labute approximate surface area is 188 Å². The van der Waals surface area contributed by atoms with Gasteiger partial charge in [0.05, 0.1) is 0 Å². The van der Waals surface area contributed by atoms with Crippen LogP contribution in [0.3, 0.4) is 0 Å². The Balaban J connectivity index is 1.53. The summed E-state index contributed by atoms with van der Waals surface area (Å²) in [5.41, 5.74) is 1.25. The van der Waals surface area contributed by atoms with Crippen molar-refractivity contribution in [3.8, 4) is 0 Å². The number of benzene rings is 1. The van der Waals surface area contributed by atoms with Crippen LogP contribution in [0.2, 0.25) is 0 Å². The number of nitrogens with zero attached hydrogens (tertiary/aromatic N) is 3. The Kier molecular flexibility index (Phi) is 7.37. The van der Waals surface area contributed by atoms with Crippen LogP contribution in [0.15, 0.2) is 47.8 Å². The Morgan fingerprint density at radius 2 is 1.94 bits per heavy atom. The molecule has 2 aliphatic rings. The summed E-state index contributed by atoms with van der Waals surface area (Å²) in [6.07, 6.45) is 1.65. The number of thiophene rings is 1. The van der Waals surface area contributed by atoms with Gasteiger partial charge in [-0.25, -0.2) is 0 Å². The van der Waals surface area contributed by atoms with Gasteiger partial charge in [-0.05, 0) is 36.4 Å². The molecular weight excluding hydrogens is 408 g/mol. The topological polar surface area (TPSA) is 55.9 Å². The van der Waals surface area contributed by atoms with Gasteiger partial charge in [0.1, 0.15) is 6.04 Å². The second-order valence-electron chi connectivity index (χ2n) is 8.48. The molecule has 0 spiro atoms. The van der Waals surface area contributed by atoms with Crippen molar-refractivity contribution in [2.75, 3.05) is 32.7 Å². The first kappa shape index (κ1) is 22.0. The molecule has 0 radical (unpaired) electrons. The lowest BCUT2D eigenvalue weighted by Crippen LogP contribution is -2.48. The molecule has 3 heterocycles. The zero-order valence-corrected chi connectivity index (χ0v) is 19.0. The first-order valence-corrected chi connectivity index (χ1v) is 12.1. The monoisotopic (exact) mass is 440 g/mol. The molecule has 31 heavy (non-hydrogen) atoms. The van der Waals surface area contributed by atoms with E-state index in [0.717, 1.165) is 39.1 Å². The zero-order valence-electron chi connectivity index (χ0n) is 18.2. The van der Waals surface area contributed by atoms with Gasteiger partial charge in [-0.2, -0.15) is 0 Å². The van der Waals surface area contributed by atoms with E-state index in [0.29, 0.717) is 19.5 Å². The van der Waals surface area contributed by atoms with Crippen molar-refractivity contribution >= 4 is 23.2 Å². The molecule has 2 amide bonds. The summed E-state index contributed by atoms with van der Waals surface area (Å²) in [5, 5.41) is 5.46. The van der Waals surface area contributed by atoms with E-state index < -0.39 is 0 Å². The Hall–Kier alpha value is -2.22. The molecule has 0 aliphatic carbocycles. The van der Waals surface area contributed by atoms with Gasteiger partial charge in [0.15, 0.2) is 0 Å². The van der Waals surface area contributed by atoms with Crippen LogP contribution in [0.5, 0.6) is 0 Å². The summed E-state index contributed by atoms with van der Waals surface area (Å²) in [7, 11) is 0. The minimum absolute atomic E-state index is 0.00965. The maximum Gasteiger partial charge on any atom is 0.245 e. The maximum atomic E-state index is 13.4. The summed E-state index contributed by atoms with van der Waals surface area (Å²) >= 11 is 1.76. The van der Waals surface area contributed by atoms with Crippen molar-refractivity contribution < 1.29 is 9.59 Å². The van der Waals surface area contributed by atoms with Crippen LogP contribution < -0.4 is 5.32 Å². The van der Waals surface area contributed by atoms with Crippen molar-refractivity contribution in [1.29, 1.82) is 0 Å². The van der Waals surface area contributed by atoms with Crippen molar-refractivity contribution in [3.05, 3.63) is 58.3 Å². The van der Waals surface area contributed by atoms with Gasteiger partial charge in [0.25, 0.3) is 0 Å². The smallest absolute Gasteiger partial charge is 0.245 e. The Morgan fingerprint density at radius 3 is 2.68 bits per heavy atom. The van der Waals surface area contributed by atoms with Crippen molar-refractivity contribution in [3.63, 3.8) is 0 Å². The first-order valence-electron chi connectivity index (χ1n) is 11.2. The van der Waals surface area contributed by atoms with Crippen LogP contribution in [0, 0.1) is 0 Å². The fourth-order valence-corrected chi connectivity index (χ4v) is 5.40. The van der Waals surface area contributed by atoms with E-state index in [2.05, 4.69) is 52.0 Å². The van der Waals surface area contributed by atoms with E-state index in [1.54, 1.807) is 23.2 Å². The van der Waals surface area contributed by atoms with Crippen molar-refractivity contribution in [1.82, 2.24) is 20.0 Å². The number of carbonyl (C=O) groups is 2. The molecule has 166 valence electrons. The van der Waals surface area contributed by atoms with Crippen molar-refractivity contribution in [2.45, 2.75) is 44.9 Å². The van der Waals surface area contributed by atoms with Gasteiger partial charge in [0, 0.05) is 57.1 Å². The number of likely N-dealkylation sites (tertiary alicyclic amines) is 1. The quantitative estimate of drug-likeness (QED) is 0.750. The third kappa shape index (κ3) is 5.53. The number of nitrogens with one attached hydrogen (secondary N) is 1. The lowest BCUT2D eigenvalue weighted by Gasteiger charge is -2.28. The number of carbonyl (C=O) groups excluding carboxylic acids is 2. The normalized spacial score (nSPS) is 22.0. The highest BCUT2D eigenvalue weighted by molar-refractivity contribution is 7.09. The molecular formula is C24H32N4O2S. The molecule has 2 aliphatic heterocycles. The van der Waals surface area contributed by atoms with Gasteiger partial charge < -0.3 is 15.1 Å². The molecule has 1 aromatic heterocycles. The van der Waals surface area contributed by atoms with E-state index in [4.69, 9.17) is 0 Å². The highest BCUT2D eigenvalue weighted by Crippen LogP contribution is 2.28. The van der Waals surface area contributed by atoms with Gasteiger partial charge in [-0.1, -0.05) is 36.4 Å². The number of rotatable bonds is 6. The number of hydrogen-bond donors (Lipinski definition) is 1. The number of amides is 2. The fraction of sp³-hybridized carbons (Fsp3) is 0.500. The molecule has 4 rings (SSSR count). The van der Waals surface area contributed by atoms with Crippen LogP contribution in [0.25, 0.3) is 0 Å². The van der Waals surface area contributed by atoms with Crippen LogP contribution in [-0.2, 0) is 22.7 Å². The predicted octanol–water partition coefficient (Wildman–Crippen LogP) is 2.56. The van der Waals surface area contributed by atoms with Gasteiger partial charge in [-0.15, -0.1) is 11.3 Å². The summed E-state index contributed by atoms with van der Waals surface area (Å²) < 4.78 is 0. The molecule has 0 bridgehead atoms. The molecule has 2 atom stereocenters. The standard InChI is InChI=1S/C24H32N4O2S/c1-19(29)28-17-21(15-23(28)24(30)26-12-6-10-25-11-13-26)27(18-22-9-5-14-31-22)16-20-7-3-2-4-8-20/h2-5,7-9,14,21,23,25H,6,10-13,15-18H2,1H3. The van der Waals surface area contributed by atoms with Crippen molar-refractivity contribution in [2.24, 2.45) is 0 Å². The molecule has 7 heteroatoms. The lowest BCUT2D eigenvalue weighted by atomic mass is 10.1. The van der Waals surface area contributed by atoms with Gasteiger partial charge >= 0.3 is 0 Å². The average Bonchev–Trinajstić information content (AvgIpc) is 3.37. The Bertz CT molecular complexity index is 850. The second-order valence-corrected chi connectivity index (χ2v) is 9.51. The predicted molar refractivity (Wildman–Crippen MR) is 124 cm³/mol. The fourth-order valence-electron chi connectivity index (χ4n) is 4.67. The maximum absolute atomic E-state index is 13.4. The third-order valence-electron chi connectivity index (χ3n) is 6.30. The Morgan fingerprint density at radius 1 is 1.10 bits per heavy atom. The second kappa shape index (κ2) is 10.4. The summed E-state index contributed by atoms with van der Waals surface area (Å²) in [6, 6.07) is 14.5. The van der Waals surface area contributed by atoms with Crippen LogP contribution in [0.4, 0.5) is 0 Å². The molecule has 2 saturated heterocycles. The van der Waals surface area contributed by atoms with Gasteiger partial charge in [-0.3, -0.25) is 14.5 Å². The minimum Gasteiger partial charge on any atom is -0.340 e. The van der Waals surface area contributed by atoms with E-state index in [1.807, 2.05) is 11.0 Å². The van der Waals surface area contributed by atoms with E-state index in [1.165, 1.54) is 10.4 Å². The molecule has 6 nitrogen and oxygen atoms in total. The van der Waals surface area contributed by atoms with Gasteiger partial charge in [0.2, 0.25) is 11.8 Å². The molecule has 1 aromatic carbocycles. The summed E-state index contributed by atoms with van der Waals surface area (Å²) in [5.74, 6) is 0.0989. The van der Waals surface area contributed by atoms with Crippen LogP contribution in [0.1, 0.15) is 30.2 Å². The highest BCUT2D eigenvalue weighted by Gasteiger charge is 2.42. The van der Waals surface area contributed by atoms with E-state index >= 15 is 0 Å². The van der Waals surface area contributed by atoms with Crippen LogP contribution >= 0.6 is 11.3 Å². The first-order chi connectivity index (χ1) is 15.1. The molecule has 2 aromatic rings. The lowest BCUT2D eigenvalue weighted by molar-refractivity contribution is -0.142. The SMILES string of the molecule is CC(=O)N1CC(N(Cc2ccccc2)Cc2cccs2)CC1C(=O)N1CCCNCC1.